The SMILES string of the molecule is COCCOCO[C@@H]1[C@@H](OCOCCOC)[C@@H](Cc2ccccc2)N=C(SC)N(CC2CC2)[C@@H]1Cc1ccccc1. The van der Waals surface area contributed by atoms with Crippen LogP contribution in [-0.4, -0.2) is 101 Å². The van der Waals surface area contributed by atoms with Crippen molar-refractivity contribution >= 4 is 16.9 Å². The van der Waals surface area contributed by atoms with Gasteiger partial charge in [-0.25, -0.2) is 0 Å². The highest BCUT2D eigenvalue weighted by molar-refractivity contribution is 8.13. The van der Waals surface area contributed by atoms with Crippen LogP contribution in [0.2, 0.25) is 0 Å². The van der Waals surface area contributed by atoms with Gasteiger partial charge in [0, 0.05) is 20.8 Å². The van der Waals surface area contributed by atoms with E-state index in [9.17, 15) is 0 Å². The second-order valence-corrected chi connectivity index (χ2v) is 11.3. The maximum absolute atomic E-state index is 6.67. The molecule has 0 N–H and O–H groups in total. The van der Waals surface area contributed by atoms with Crippen LogP contribution in [0.1, 0.15) is 24.0 Å². The topological polar surface area (TPSA) is 71.0 Å². The Bertz CT molecular complexity index is 1010. The zero-order chi connectivity index (χ0) is 28.7. The molecular weight excluding hydrogens is 540 g/mol. The molecule has 0 radical (unpaired) electrons. The van der Waals surface area contributed by atoms with Crippen LogP contribution in [0.3, 0.4) is 0 Å². The van der Waals surface area contributed by atoms with Gasteiger partial charge in [-0.1, -0.05) is 72.4 Å². The summed E-state index contributed by atoms with van der Waals surface area (Å²) in [6.07, 6.45) is 5.49. The highest BCUT2D eigenvalue weighted by atomic mass is 32.2. The molecule has 1 aliphatic heterocycles. The lowest BCUT2D eigenvalue weighted by Crippen LogP contribution is -2.54. The van der Waals surface area contributed by atoms with Crippen LogP contribution in [0.4, 0.5) is 0 Å². The number of hydrogen-bond donors (Lipinski definition) is 0. The van der Waals surface area contributed by atoms with E-state index in [4.69, 9.17) is 33.4 Å². The van der Waals surface area contributed by atoms with E-state index in [2.05, 4.69) is 65.8 Å². The Kier molecular flexibility index (Phi) is 13.9. The molecule has 9 heteroatoms. The Morgan fingerprint density at radius 1 is 0.756 bits per heavy atom. The molecule has 0 unspecified atom stereocenters. The summed E-state index contributed by atoms with van der Waals surface area (Å²) < 4.78 is 35.3. The number of aliphatic imine (C=N–C) groups is 1. The number of rotatable bonds is 18. The molecule has 0 bridgehead atoms. The van der Waals surface area contributed by atoms with E-state index in [-0.39, 0.29) is 37.9 Å². The summed E-state index contributed by atoms with van der Waals surface area (Å²) in [5.41, 5.74) is 2.46. The van der Waals surface area contributed by atoms with Gasteiger partial charge in [0.1, 0.15) is 25.8 Å². The summed E-state index contributed by atoms with van der Waals surface area (Å²) in [6.45, 7) is 3.18. The lowest BCUT2D eigenvalue weighted by atomic mass is 9.91. The average molecular weight is 587 g/mol. The molecule has 226 valence electrons. The molecule has 0 aromatic heterocycles. The van der Waals surface area contributed by atoms with Crippen molar-refractivity contribution in [2.24, 2.45) is 10.9 Å². The first-order valence-electron chi connectivity index (χ1n) is 14.6. The molecule has 8 nitrogen and oxygen atoms in total. The predicted molar refractivity (Wildman–Crippen MR) is 163 cm³/mol. The number of thioether (sulfide) groups is 1. The largest absolute Gasteiger partial charge is 0.382 e. The standard InChI is InChI=1S/C32H46N2O6S/c1-35-16-18-37-23-39-30-28(20-25-10-6-4-7-11-25)33-32(41-3)34(22-27-14-15-27)29(21-26-12-8-5-9-13-26)31(30)40-24-38-19-17-36-2/h4-13,27-31H,14-24H2,1-3H3/t28-,29-,30+,31+/m1/s1. The first-order chi connectivity index (χ1) is 20.2. The van der Waals surface area contributed by atoms with E-state index in [1.165, 1.54) is 24.0 Å². The molecule has 0 amide bonds. The zero-order valence-electron chi connectivity index (χ0n) is 24.7. The number of hydrogen-bond acceptors (Lipinski definition) is 9. The molecule has 1 aliphatic carbocycles. The van der Waals surface area contributed by atoms with Gasteiger partial charge in [-0.3, -0.25) is 4.99 Å². The van der Waals surface area contributed by atoms with Crippen molar-refractivity contribution in [2.75, 3.05) is 67.0 Å². The van der Waals surface area contributed by atoms with Crippen LogP contribution < -0.4 is 0 Å². The first-order valence-corrected chi connectivity index (χ1v) is 15.8. The van der Waals surface area contributed by atoms with Gasteiger partial charge in [-0.15, -0.1) is 0 Å². The van der Waals surface area contributed by atoms with Gasteiger partial charge in [0.05, 0.1) is 38.5 Å². The van der Waals surface area contributed by atoms with Crippen LogP contribution >= 0.6 is 11.8 Å². The van der Waals surface area contributed by atoms with Crippen molar-refractivity contribution in [3.63, 3.8) is 0 Å². The molecule has 1 heterocycles. The minimum absolute atomic E-state index is 0.0000244. The van der Waals surface area contributed by atoms with E-state index in [0.29, 0.717) is 32.3 Å². The second kappa shape index (κ2) is 17.9. The second-order valence-electron chi connectivity index (χ2n) is 10.5. The Morgan fingerprint density at radius 2 is 1.32 bits per heavy atom. The fourth-order valence-electron chi connectivity index (χ4n) is 5.18. The summed E-state index contributed by atoms with van der Waals surface area (Å²) in [7, 11) is 3.34. The molecule has 1 saturated carbocycles. The number of amidine groups is 1. The average Bonchev–Trinajstić information content (AvgIpc) is 3.84. The molecule has 4 rings (SSSR count). The van der Waals surface area contributed by atoms with E-state index in [1.807, 2.05) is 6.07 Å². The van der Waals surface area contributed by atoms with Crippen molar-refractivity contribution in [2.45, 2.75) is 50.0 Å². The molecule has 4 atom stereocenters. The van der Waals surface area contributed by atoms with Crippen LogP contribution in [-0.2, 0) is 41.3 Å². The van der Waals surface area contributed by atoms with Crippen LogP contribution in [0.15, 0.2) is 65.7 Å². The highest BCUT2D eigenvalue weighted by Gasteiger charge is 2.45. The third kappa shape index (κ3) is 10.4. The van der Waals surface area contributed by atoms with Gasteiger partial charge in [-0.05, 0) is 49.0 Å². The van der Waals surface area contributed by atoms with Crippen molar-refractivity contribution in [3.05, 3.63) is 71.8 Å². The maximum atomic E-state index is 6.67. The molecular formula is C32H46N2O6S. The van der Waals surface area contributed by atoms with E-state index >= 15 is 0 Å². The van der Waals surface area contributed by atoms with Crippen LogP contribution in [0, 0.1) is 5.92 Å². The summed E-state index contributed by atoms with van der Waals surface area (Å²) in [5.74, 6) is 0.673. The Labute approximate surface area is 249 Å². The van der Waals surface area contributed by atoms with Crippen molar-refractivity contribution in [1.29, 1.82) is 0 Å². The normalized spacial score (nSPS) is 22.9. The van der Waals surface area contributed by atoms with E-state index in [1.54, 1.807) is 26.0 Å². The van der Waals surface area contributed by atoms with Crippen LogP contribution in [0.25, 0.3) is 0 Å². The lowest BCUT2D eigenvalue weighted by molar-refractivity contribution is -0.187. The van der Waals surface area contributed by atoms with Gasteiger partial charge in [0.2, 0.25) is 0 Å². The summed E-state index contributed by atoms with van der Waals surface area (Å²) in [4.78, 5) is 7.90. The van der Waals surface area contributed by atoms with Crippen LogP contribution in [0.5, 0.6) is 0 Å². The lowest BCUT2D eigenvalue weighted by Gasteiger charge is -2.39. The Balaban J connectivity index is 1.70. The molecule has 2 aliphatic rings. The molecule has 0 saturated heterocycles. The van der Waals surface area contributed by atoms with Crippen molar-refractivity contribution in [1.82, 2.24) is 4.90 Å². The number of ether oxygens (including phenoxy) is 6. The van der Waals surface area contributed by atoms with Gasteiger partial charge < -0.3 is 33.3 Å². The zero-order valence-corrected chi connectivity index (χ0v) is 25.5. The molecule has 2 aromatic rings. The fourth-order valence-corrected chi connectivity index (χ4v) is 5.86. The quantitative estimate of drug-likeness (QED) is 0.185. The Hall–Kier alpha value is -1.98. The molecule has 41 heavy (non-hydrogen) atoms. The molecule has 0 spiro atoms. The first kappa shape index (κ1) is 31.9. The number of benzene rings is 2. The molecule has 2 aromatic carbocycles. The highest BCUT2D eigenvalue weighted by Crippen LogP contribution is 2.36. The maximum Gasteiger partial charge on any atom is 0.159 e. The van der Waals surface area contributed by atoms with Crippen molar-refractivity contribution < 1.29 is 28.4 Å². The van der Waals surface area contributed by atoms with Gasteiger partial charge in [0.15, 0.2) is 5.17 Å². The minimum atomic E-state index is -0.358. The molecule has 1 fully saturated rings. The third-order valence-corrected chi connectivity index (χ3v) is 8.17. The third-order valence-electron chi connectivity index (χ3n) is 7.47. The number of methoxy groups -OCH3 is 2. The smallest absolute Gasteiger partial charge is 0.159 e. The summed E-state index contributed by atoms with van der Waals surface area (Å²) in [5, 5.41) is 1.04. The predicted octanol–water partition coefficient (Wildman–Crippen LogP) is 4.67. The van der Waals surface area contributed by atoms with Gasteiger partial charge in [0.25, 0.3) is 0 Å². The van der Waals surface area contributed by atoms with Gasteiger partial charge in [-0.2, -0.15) is 0 Å². The van der Waals surface area contributed by atoms with Gasteiger partial charge >= 0.3 is 0 Å². The van der Waals surface area contributed by atoms with E-state index < -0.39 is 0 Å². The van der Waals surface area contributed by atoms with E-state index in [0.717, 1.165) is 24.6 Å². The monoisotopic (exact) mass is 586 g/mol. The van der Waals surface area contributed by atoms with Crippen molar-refractivity contribution in [3.8, 4) is 0 Å². The fraction of sp³-hybridized carbons (Fsp3) is 0.594. The Morgan fingerprint density at radius 3 is 1.85 bits per heavy atom. The summed E-state index contributed by atoms with van der Waals surface area (Å²) in [6, 6.07) is 21.0. The summed E-state index contributed by atoms with van der Waals surface area (Å²) >= 11 is 1.71. The minimum Gasteiger partial charge on any atom is -0.382 e. The number of nitrogens with zero attached hydrogens (tertiary/aromatic N) is 2.